The molecule has 0 fully saturated rings. The van der Waals surface area contributed by atoms with Crippen molar-refractivity contribution in [3.63, 3.8) is 0 Å². The summed E-state index contributed by atoms with van der Waals surface area (Å²) in [4.78, 5) is 0. The molecule has 9 heteroatoms. The van der Waals surface area contributed by atoms with Crippen molar-refractivity contribution in [1.82, 2.24) is 0 Å². The minimum absolute atomic E-state index is 0.554. The third-order valence-electron chi connectivity index (χ3n) is 3.83. The van der Waals surface area contributed by atoms with Crippen molar-refractivity contribution < 1.29 is 31.7 Å². The van der Waals surface area contributed by atoms with E-state index in [9.17, 15) is 9.13 Å². The van der Waals surface area contributed by atoms with Crippen molar-refractivity contribution in [3.05, 3.63) is 0 Å². The van der Waals surface area contributed by atoms with Crippen LogP contribution in [0.2, 0.25) is 0 Å². The van der Waals surface area contributed by atoms with E-state index in [2.05, 4.69) is 20.5 Å². The zero-order valence-electron chi connectivity index (χ0n) is 17.5. The molecule has 0 amide bonds. The van der Waals surface area contributed by atoms with Gasteiger partial charge in [0.15, 0.2) is 0 Å². The standard InChI is InChI=1S/C14H31O3P.C3H9O4P/c1-4-5-6-7-8-9-10-11-12-13-14-17-18(3,15)16-2;1-5-8(4,6-2)7-3/h4-14H2,1-3H3;1-3H3. The first-order valence-corrected chi connectivity index (χ1v) is 12.8. The maximum atomic E-state index is 11.4. The lowest BCUT2D eigenvalue weighted by molar-refractivity contribution is 0.178. The molecule has 0 spiro atoms. The van der Waals surface area contributed by atoms with E-state index >= 15 is 0 Å². The predicted molar refractivity (Wildman–Crippen MR) is 107 cm³/mol. The van der Waals surface area contributed by atoms with Crippen LogP contribution in [0.1, 0.15) is 71.1 Å². The molecule has 0 bridgehead atoms. The Labute approximate surface area is 160 Å². The van der Waals surface area contributed by atoms with E-state index in [1.807, 2.05) is 0 Å². The second-order valence-electron chi connectivity index (χ2n) is 5.96. The molecule has 0 aliphatic carbocycles. The lowest BCUT2D eigenvalue weighted by atomic mass is 10.1. The molecule has 0 aromatic heterocycles. The summed E-state index contributed by atoms with van der Waals surface area (Å²) in [6, 6.07) is 0. The Morgan fingerprint density at radius 3 is 1.31 bits per heavy atom. The van der Waals surface area contributed by atoms with Crippen LogP contribution in [-0.4, -0.2) is 41.7 Å². The normalized spacial score (nSPS) is 13.8. The van der Waals surface area contributed by atoms with Crippen LogP contribution in [0.15, 0.2) is 0 Å². The molecule has 1 atom stereocenters. The molecule has 7 nitrogen and oxygen atoms in total. The van der Waals surface area contributed by atoms with E-state index in [1.165, 1.54) is 92.9 Å². The average Bonchev–Trinajstić information content (AvgIpc) is 2.66. The molecule has 0 saturated heterocycles. The number of rotatable bonds is 16. The maximum absolute atomic E-state index is 11.4. The SMILES string of the molecule is CCCCCCCCCCCCOP(C)(=O)OC.COP(=O)(OC)OC. The first-order chi connectivity index (χ1) is 12.3. The molecule has 0 saturated carbocycles. The van der Waals surface area contributed by atoms with Crippen LogP contribution in [0.4, 0.5) is 0 Å². The van der Waals surface area contributed by atoms with E-state index in [4.69, 9.17) is 9.05 Å². The highest BCUT2D eigenvalue weighted by molar-refractivity contribution is 7.52. The number of hydrogen-bond acceptors (Lipinski definition) is 7. The van der Waals surface area contributed by atoms with Gasteiger partial charge >= 0.3 is 15.4 Å². The van der Waals surface area contributed by atoms with Crippen LogP contribution < -0.4 is 0 Å². The van der Waals surface area contributed by atoms with Crippen LogP contribution >= 0.6 is 15.4 Å². The molecule has 0 heterocycles. The summed E-state index contributed by atoms with van der Waals surface area (Å²) in [7, 11) is -0.710. The van der Waals surface area contributed by atoms with Crippen molar-refractivity contribution in [2.45, 2.75) is 71.1 Å². The van der Waals surface area contributed by atoms with Gasteiger partial charge in [0.2, 0.25) is 0 Å². The molecule has 0 radical (unpaired) electrons. The molecule has 26 heavy (non-hydrogen) atoms. The zero-order valence-corrected chi connectivity index (χ0v) is 19.3. The molecular formula is C17H40O7P2. The smallest absolute Gasteiger partial charge is 0.312 e. The molecule has 0 aromatic rings. The van der Waals surface area contributed by atoms with Gasteiger partial charge in [-0.3, -0.25) is 18.1 Å². The van der Waals surface area contributed by atoms with E-state index in [1.54, 1.807) is 0 Å². The van der Waals surface area contributed by atoms with Gasteiger partial charge in [0.25, 0.3) is 0 Å². The highest BCUT2D eigenvalue weighted by atomic mass is 31.2. The lowest BCUT2D eigenvalue weighted by Crippen LogP contribution is -1.94. The Kier molecular flexibility index (Phi) is 20.4. The second kappa shape index (κ2) is 18.6. The molecule has 160 valence electrons. The van der Waals surface area contributed by atoms with Crippen LogP contribution in [0.5, 0.6) is 0 Å². The summed E-state index contributed by atoms with van der Waals surface area (Å²) < 4.78 is 45.0. The summed E-state index contributed by atoms with van der Waals surface area (Å²) in [6.07, 6.45) is 13.0. The third kappa shape index (κ3) is 19.0. The fourth-order valence-corrected chi connectivity index (χ4v) is 3.11. The van der Waals surface area contributed by atoms with Crippen LogP contribution in [0, 0.1) is 0 Å². The Bertz CT molecular complexity index is 372. The summed E-state index contributed by atoms with van der Waals surface area (Å²) in [5.74, 6) is 0. The van der Waals surface area contributed by atoms with Gasteiger partial charge in [-0.05, 0) is 6.42 Å². The highest BCUT2D eigenvalue weighted by Crippen LogP contribution is 2.46. The Balaban J connectivity index is 0. The van der Waals surface area contributed by atoms with Crippen molar-refractivity contribution in [3.8, 4) is 0 Å². The van der Waals surface area contributed by atoms with Gasteiger partial charge in [-0.2, -0.15) is 0 Å². The van der Waals surface area contributed by atoms with Gasteiger partial charge < -0.3 is 9.05 Å². The number of phosphoric acid groups is 1. The van der Waals surface area contributed by atoms with Crippen molar-refractivity contribution in [2.24, 2.45) is 0 Å². The van der Waals surface area contributed by atoms with E-state index in [0.29, 0.717) is 6.61 Å². The van der Waals surface area contributed by atoms with E-state index in [-0.39, 0.29) is 0 Å². The minimum Gasteiger partial charge on any atom is -0.312 e. The summed E-state index contributed by atoms with van der Waals surface area (Å²) >= 11 is 0. The van der Waals surface area contributed by atoms with E-state index in [0.717, 1.165) is 6.42 Å². The minimum atomic E-state index is -3.16. The molecule has 0 rings (SSSR count). The maximum Gasteiger partial charge on any atom is 0.473 e. The van der Waals surface area contributed by atoms with Gasteiger partial charge in [-0.25, -0.2) is 4.57 Å². The Hall–Kier alpha value is 0.260. The molecule has 0 aliphatic heterocycles. The average molecular weight is 418 g/mol. The Morgan fingerprint density at radius 1 is 0.615 bits per heavy atom. The summed E-state index contributed by atoms with van der Waals surface area (Å²) in [5.41, 5.74) is 0. The fraction of sp³-hybridized carbons (Fsp3) is 1.00. The zero-order chi connectivity index (χ0) is 20.3. The highest BCUT2D eigenvalue weighted by Gasteiger charge is 2.18. The fourth-order valence-electron chi connectivity index (χ4n) is 2.10. The molecule has 0 aromatic carbocycles. The lowest BCUT2D eigenvalue weighted by Gasteiger charge is -2.10. The molecule has 0 aliphatic rings. The molecular weight excluding hydrogens is 378 g/mol. The number of unbranched alkanes of at least 4 members (excludes halogenated alkanes) is 9. The topological polar surface area (TPSA) is 80.3 Å². The second-order valence-corrected chi connectivity index (χ2v) is 10.1. The van der Waals surface area contributed by atoms with Gasteiger partial charge in [-0.15, -0.1) is 0 Å². The largest absolute Gasteiger partial charge is 0.473 e. The molecule has 0 N–H and O–H groups in total. The van der Waals surface area contributed by atoms with Gasteiger partial charge in [0.1, 0.15) is 0 Å². The monoisotopic (exact) mass is 418 g/mol. The van der Waals surface area contributed by atoms with Crippen molar-refractivity contribution in [2.75, 3.05) is 41.7 Å². The van der Waals surface area contributed by atoms with Crippen LogP contribution in [-0.2, 0) is 31.7 Å². The molecule has 1 unspecified atom stereocenters. The first kappa shape index (κ1) is 28.5. The summed E-state index contributed by atoms with van der Waals surface area (Å²) in [5, 5.41) is 0. The van der Waals surface area contributed by atoms with Gasteiger partial charge in [-0.1, -0.05) is 64.7 Å². The van der Waals surface area contributed by atoms with Crippen molar-refractivity contribution >= 4 is 15.4 Å². The predicted octanol–water partition coefficient (Wildman–Crippen LogP) is 6.43. The third-order valence-corrected chi connectivity index (χ3v) is 6.48. The van der Waals surface area contributed by atoms with Gasteiger partial charge in [0, 0.05) is 35.1 Å². The van der Waals surface area contributed by atoms with Crippen molar-refractivity contribution in [1.29, 1.82) is 0 Å². The first-order valence-electron chi connectivity index (χ1n) is 9.35. The number of hydrogen-bond donors (Lipinski definition) is 0. The Morgan fingerprint density at radius 2 is 1.00 bits per heavy atom. The summed E-state index contributed by atoms with van der Waals surface area (Å²) in [6.45, 7) is 4.32. The van der Waals surface area contributed by atoms with E-state index < -0.39 is 15.4 Å². The van der Waals surface area contributed by atoms with Gasteiger partial charge in [0.05, 0.1) is 6.61 Å². The van der Waals surface area contributed by atoms with Crippen LogP contribution in [0.3, 0.4) is 0 Å². The van der Waals surface area contributed by atoms with Crippen LogP contribution in [0.25, 0.3) is 0 Å². The number of phosphoric ester groups is 1. The quantitative estimate of drug-likeness (QED) is 0.211.